The second kappa shape index (κ2) is 7.00. The number of hydrogen-bond acceptors (Lipinski definition) is 3. The summed E-state index contributed by atoms with van der Waals surface area (Å²) >= 11 is 5.79. The number of thioether (sulfide) groups is 1. The molecule has 2 rings (SSSR count). The Hall–Kier alpha value is -0.190. The van der Waals surface area contributed by atoms with Crippen molar-refractivity contribution in [1.29, 1.82) is 0 Å². The Balaban J connectivity index is 2.10. The highest BCUT2D eigenvalue weighted by molar-refractivity contribution is 9.10. The van der Waals surface area contributed by atoms with Crippen molar-refractivity contribution in [2.45, 2.75) is 38.0 Å². The lowest BCUT2D eigenvalue weighted by Crippen LogP contribution is -2.37. The molecule has 2 atom stereocenters. The van der Waals surface area contributed by atoms with Crippen LogP contribution in [0.25, 0.3) is 0 Å². The average Bonchev–Trinajstić information content (AvgIpc) is 2.40. The summed E-state index contributed by atoms with van der Waals surface area (Å²) in [4.78, 5) is 2.51. The summed E-state index contributed by atoms with van der Waals surface area (Å²) in [6, 6.07) is 6.91. The molecule has 1 aliphatic rings. The van der Waals surface area contributed by atoms with Gasteiger partial charge in [0.2, 0.25) is 0 Å². The van der Waals surface area contributed by atoms with Gasteiger partial charge in [-0.3, -0.25) is 0 Å². The minimum atomic E-state index is 0.206. The van der Waals surface area contributed by atoms with Gasteiger partial charge in [0.1, 0.15) is 0 Å². The van der Waals surface area contributed by atoms with Crippen molar-refractivity contribution >= 4 is 33.4 Å². The summed E-state index contributed by atoms with van der Waals surface area (Å²) in [7, 11) is 0. The van der Waals surface area contributed by atoms with Crippen LogP contribution in [-0.2, 0) is 6.42 Å². The molecule has 2 unspecified atom stereocenters. The van der Waals surface area contributed by atoms with Crippen molar-refractivity contribution in [3.05, 3.63) is 28.2 Å². The first-order valence-electron chi connectivity index (χ1n) is 7.00. The van der Waals surface area contributed by atoms with Gasteiger partial charge in [-0.25, -0.2) is 0 Å². The Morgan fingerprint density at radius 3 is 2.95 bits per heavy atom. The van der Waals surface area contributed by atoms with Crippen LogP contribution in [0.3, 0.4) is 0 Å². The molecule has 0 aromatic heterocycles. The van der Waals surface area contributed by atoms with Gasteiger partial charge >= 0.3 is 0 Å². The number of anilines is 1. The van der Waals surface area contributed by atoms with E-state index in [4.69, 9.17) is 5.73 Å². The van der Waals surface area contributed by atoms with Crippen LogP contribution in [0, 0.1) is 0 Å². The summed E-state index contributed by atoms with van der Waals surface area (Å²) in [5.41, 5.74) is 8.51. The SMILES string of the molecule is CCC1CN(c2ccc(CC(C)N)c(Br)c2)CCS1. The minimum Gasteiger partial charge on any atom is -0.370 e. The molecule has 0 amide bonds. The lowest BCUT2D eigenvalue weighted by molar-refractivity contribution is 0.724. The molecule has 4 heteroatoms. The van der Waals surface area contributed by atoms with Gasteiger partial charge < -0.3 is 10.6 Å². The molecule has 1 heterocycles. The van der Waals surface area contributed by atoms with Crippen LogP contribution in [0.15, 0.2) is 22.7 Å². The second-order valence-corrected chi connectivity index (χ2v) is 7.57. The van der Waals surface area contributed by atoms with E-state index in [0.29, 0.717) is 0 Å². The average molecular weight is 343 g/mol. The van der Waals surface area contributed by atoms with E-state index in [0.717, 1.165) is 18.2 Å². The zero-order valence-corrected chi connectivity index (χ0v) is 14.1. The Kier molecular flexibility index (Phi) is 5.60. The summed E-state index contributed by atoms with van der Waals surface area (Å²) < 4.78 is 1.19. The molecule has 1 fully saturated rings. The second-order valence-electron chi connectivity index (χ2n) is 5.30. The predicted molar refractivity (Wildman–Crippen MR) is 90.2 cm³/mol. The first-order valence-corrected chi connectivity index (χ1v) is 8.85. The maximum absolute atomic E-state index is 5.88. The van der Waals surface area contributed by atoms with E-state index in [1.165, 1.54) is 34.4 Å². The third-order valence-corrected chi connectivity index (χ3v) is 5.65. The first-order chi connectivity index (χ1) is 9.10. The Morgan fingerprint density at radius 1 is 1.53 bits per heavy atom. The van der Waals surface area contributed by atoms with E-state index in [1.807, 2.05) is 6.92 Å². The normalized spacial score (nSPS) is 21.5. The number of nitrogens with two attached hydrogens (primary N) is 1. The van der Waals surface area contributed by atoms with Crippen LogP contribution in [0.1, 0.15) is 25.8 Å². The third-order valence-electron chi connectivity index (χ3n) is 3.54. The highest BCUT2D eigenvalue weighted by Gasteiger charge is 2.19. The standard InChI is InChI=1S/C15H23BrN2S/c1-3-14-10-18(6-7-19-14)13-5-4-12(8-11(2)17)15(16)9-13/h4-5,9,11,14H,3,6-8,10,17H2,1-2H3. The molecule has 0 radical (unpaired) electrons. The highest BCUT2D eigenvalue weighted by Crippen LogP contribution is 2.29. The molecular formula is C15H23BrN2S. The minimum absolute atomic E-state index is 0.206. The third kappa shape index (κ3) is 4.14. The van der Waals surface area contributed by atoms with Crippen molar-refractivity contribution in [2.75, 3.05) is 23.7 Å². The van der Waals surface area contributed by atoms with Crippen LogP contribution in [0.4, 0.5) is 5.69 Å². The quantitative estimate of drug-likeness (QED) is 0.904. The van der Waals surface area contributed by atoms with Crippen molar-refractivity contribution in [3.8, 4) is 0 Å². The molecule has 2 nitrogen and oxygen atoms in total. The smallest absolute Gasteiger partial charge is 0.0378 e. The molecule has 1 aliphatic heterocycles. The molecular weight excluding hydrogens is 320 g/mol. The topological polar surface area (TPSA) is 29.3 Å². The molecule has 2 N–H and O–H groups in total. The van der Waals surface area contributed by atoms with Gasteiger partial charge in [-0.2, -0.15) is 11.8 Å². The fourth-order valence-corrected chi connectivity index (χ4v) is 4.15. The van der Waals surface area contributed by atoms with Crippen molar-refractivity contribution < 1.29 is 0 Å². The number of rotatable bonds is 4. The van der Waals surface area contributed by atoms with Crippen LogP contribution < -0.4 is 10.6 Å². The van der Waals surface area contributed by atoms with E-state index in [9.17, 15) is 0 Å². The summed E-state index contributed by atoms with van der Waals surface area (Å²) in [5.74, 6) is 1.23. The number of nitrogens with zero attached hydrogens (tertiary/aromatic N) is 1. The Morgan fingerprint density at radius 2 is 2.32 bits per heavy atom. The predicted octanol–water partition coefficient (Wildman–Crippen LogP) is 3.67. The lowest BCUT2D eigenvalue weighted by Gasteiger charge is -2.34. The van der Waals surface area contributed by atoms with Crippen LogP contribution in [0.5, 0.6) is 0 Å². The molecule has 1 aromatic carbocycles. The van der Waals surface area contributed by atoms with Gasteiger partial charge in [-0.15, -0.1) is 0 Å². The maximum Gasteiger partial charge on any atom is 0.0378 e. The fraction of sp³-hybridized carbons (Fsp3) is 0.600. The highest BCUT2D eigenvalue weighted by atomic mass is 79.9. The van der Waals surface area contributed by atoms with E-state index in [2.05, 4.69) is 57.7 Å². The Labute approximate surface area is 129 Å². The summed E-state index contributed by atoms with van der Waals surface area (Å²) in [6.07, 6.45) is 2.18. The van der Waals surface area contributed by atoms with Gasteiger partial charge in [0.15, 0.2) is 0 Å². The fourth-order valence-electron chi connectivity index (χ4n) is 2.45. The van der Waals surface area contributed by atoms with Crippen molar-refractivity contribution in [3.63, 3.8) is 0 Å². The first kappa shape index (κ1) is 15.2. The summed E-state index contributed by atoms with van der Waals surface area (Å²) in [6.45, 7) is 6.65. The van der Waals surface area contributed by atoms with E-state index in [1.54, 1.807) is 0 Å². The van der Waals surface area contributed by atoms with Gasteiger partial charge in [-0.05, 0) is 37.5 Å². The molecule has 1 saturated heterocycles. The van der Waals surface area contributed by atoms with Gasteiger partial charge in [0, 0.05) is 40.3 Å². The molecule has 1 aromatic rings. The van der Waals surface area contributed by atoms with Gasteiger partial charge in [0.05, 0.1) is 0 Å². The molecule has 106 valence electrons. The molecule has 0 spiro atoms. The van der Waals surface area contributed by atoms with Gasteiger partial charge in [0.25, 0.3) is 0 Å². The number of hydrogen-bond donors (Lipinski definition) is 1. The van der Waals surface area contributed by atoms with Crippen molar-refractivity contribution in [1.82, 2.24) is 0 Å². The molecule has 0 aliphatic carbocycles. The molecule has 0 saturated carbocycles. The zero-order valence-electron chi connectivity index (χ0n) is 11.7. The number of halogens is 1. The van der Waals surface area contributed by atoms with E-state index < -0.39 is 0 Å². The monoisotopic (exact) mass is 342 g/mol. The van der Waals surface area contributed by atoms with Gasteiger partial charge in [-0.1, -0.05) is 28.9 Å². The van der Waals surface area contributed by atoms with E-state index in [-0.39, 0.29) is 6.04 Å². The molecule has 0 bridgehead atoms. The largest absolute Gasteiger partial charge is 0.370 e. The van der Waals surface area contributed by atoms with Crippen molar-refractivity contribution in [2.24, 2.45) is 5.73 Å². The Bertz CT molecular complexity index is 423. The molecule has 19 heavy (non-hydrogen) atoms. The zero-order chi connectivity index (χ0) is 13.8. The maximum atomic E-state index is 5.88. The van der Waals surface area contributed by atoms with Crippen LogP contribution in [-0.4, -0.2) is 30.1 Å². The lowest BCUT2D eigenvalue weighted by atomic mass is 10.1. The van der Waals surface area contributed by atoms with Crippen LogP contribution >= 0.6 is 27.7 Å². The summed E-state index contributed by atoms with van der Waals surface area (Å²) in [5, 5.41) is 0.774. The number of benzene rings is 1. The van der Waals surface area contributed by atoms with E-state index >= 15 is 0 Å². The van der Waals surface area contributed by atoms with Crippen LogP contribution in [0.2, 0.25) is 0 Å².